The zero-order chi connectivity index (χ0) is 7.66. The maximum Gasteiger partial charge on any atom is 0.226 e. The molecule has 10 heavy (non-hydrogen) atoms. The van der Waals surface area contributed by atoms with E-state index in [2.05, 4.69) is 0 Å². The Bertz CT molecular complexity index is 54.9. The average Bonchev–Trinajstić information content (AvgIpc) is 1.97. The molecule has 0 aliphatic rings. The number of hydrogen-bond acceptors (Lipinski definition) is 2. The Morgan fingerprint density at radius 1 is 1.20 bits per heavy atom. The molecule has 0 aliphatic heterocycles. The van der Waals surface area contributed by atoms with Gasteiger partial charge in [0.15, 0.2) is 0 Å². The van der Waals surface area contributed by atoms with Gasteiger partial charge >= 0.3 is 0 Å². The molecule has 56 valence electrons. The summed E-state index contributed by atoms with van der Waals surface area (Å²) in [6, 6.07) is 0. The summed E-state index contributed by atoms with van der Waals surface area (Å²) in [4.78, 5) is 0. The Kier molecular flexibility index (Phi) is 10.1. The maximum atomic E-state index is 5.21. The summed E-state index contributed by atoms with van der Waals surface area (Å²) in [5, 5.41) is 0. The lowest BCUT2D eigenvalue weighted by atomic mass is 10.9. The second-order valence-corrected chi connectivity index (χ2v) is 6.13. The fraction of sp³-hybridized carbons (Fsp3) is 1.00. The molecule has 0 aromatic rings. The van der Waals surface area contributed by atoms with Gasteiger partial charge < -0.3 is 8.85 Å². The van der Waals surface area contributed by atoms with Crippen molar-refractivity contribution in [1.82, 2.24) is 0 Å². The van der Waals surface area contributed by atoms with E-state index in [0.717, 1.165) is 16.1 Å². The third-order valence-electron chi connectivity index (χ3n) is 0.785. The van der Waals surface area contributed by atoms with Crippen LogP contribution < -0.4 is 0 Å². The van der Waals surface area contributed by atoms with E-state index in [1.165, 1.54) is 11.3 Å². The van der Waals surface area contributed by atoms with E-state index in [1.807, 2.05) is 6.92 Å². The second kappa shape index (κ2) is 9.57. The third kappa shape index (κ3) is 8.57. The summed E-state index contributed by atoms with van der Waals surface area (Å²) < 4.78 is 10.2. The molecule has 0 saturated carbocycles. The summed E-state index contributed by atoms with van der Waals surface area (Å²) in [5.41, 5.74) is 2.45. The monoisotopic (exact) mass is 188 g/mol. The average molecular weight is 188 g/mol. The first kappa shape index (κ1) is 10.6. The van der Waals surface area contributed by atoms with E-state index >= 15 is 0 Å². The van der Waals surface area contributed by atoms with Crippen molar-refractivity contribution in [2.45, 2.75) is 18.3 Å². The first-order valence-corrected chi connectivity index (χ1v) is 6.87. The molecule has 0 bridgehead atoms. The van der Waals surface area contributed by atoms with Crippen LogP contribution in [0.25, 0.3) is 0 Å². The van der Waals surface area contributed by atoms with E-state index < -0.39 is 0 Å². The van der Waals surface area contributed by atoms with Crippen LogP contribution in [0.4, 0.5) is 0 Å². The molecule has 2 nitrogen and oxygen atoms in total. The van der Waals surface area contributed by atoms with Gasteiger partial charge in [0.25, 0.3) is 0 Å². The van der Waals surface area contributed by atoms with Crippen molar-refractivity contribution in [2.75, 3.05) is 13.7 Å². The highest BCUT2D eigenvalue weighted by atomic mass is 28.3. The van der Waals surface area contributed by atoms with Crippen LogP contribution in [0.3, 0.4) is 0 Å². The minimum Gasteiger partial charge on any atom is -0.421 e. The van der Waals surface area contributed by atoms with Gasteiger partial charge in [0.05, 0.1) is 0 Å². The zero-order valence-corrected chi connectivity index (χ0v) is 9.44. The van der Waals surface area contributed by atoms with Crippen molar-refractivity contribution in [3.05, 3.63) is 0 Å². The minimum absolute atomic E-state index is 0.688. The fourth-order valence-electron chi connectivity index (χ4n) is 0.390. The van der Waals surface area contributed by atoms with Gasteiger partial charge in [-0.2, -0.15) is 0 Å². The van der Waals surface area contributed by atoms with Gasteiger partial charge in [0, 0.05) is 23.2 Å². The van der Waals surface area contributed by atoms with Crippen molar-refractivity contribution in [1.29, 1.82) is 0 Å². The van der Waals surface area contributed by atoms with Crippen molar-refractivity contribution in [2.24, 2.45) is 0 Å². The molecular weight excluding hydrogens is 176 g/mol. The van der Waals surface area contributed by atoms with Gasteiger partial charge in [-0.3, -0.25) is 0 Å². The molecule has 0 amide bonds. The molecule has 0 heterocycles. The van der Waals surface area contributed by atoms with Crippen LogP contribution in [0, 0.1) is 0 Å². The first-order valence-electron chi connectivity index (χ1n) is 3.23. The summed E-state index contributed by atoms with van der Waals surface area (Å²) in [6.45, 7) is 2.89. The predicted molar refractivity (Wildman–Crippen MR) is 45.5 cm³/mol. The standard InChI is InChI=1S/C5H12O2Si3/c1-3-7-10-5-8-4-9-6-2/h3-5H2,1-2H3. The summed E-state index contributed by atoms with van der Waals surface area (Å²) in [5.74, 6) is 0. The van der Waals surface area contributed by atoms with Crippen molar-refractivity contribution in [3.8, 4) is 0 Å². The van der Waals surface area contributed by atoms with Gasteiger partial charge in [0.1, 0.15) is 0 Å². The van der Waals surface area contributed by atoms with E-state index in [1.54, 1.807) is 7.11 Å². The zero-order valence-electron chi connectivity index (χ0n) is 6.44. The Hall–Kier alpha value is 0.571. The maximum absolute atomic E-state index is 5.21. The van der Waals surface area contributed by atoms with Crippen molar-refractivity contribution in [3.63, 3.8) is 0 Å². The van der Waals surface area contributed by atoms with Crippen molar-refractivity contribution < 1.29 is 8.85 Å². The quantitative estimate of drug-likeness (QED) is 0.424. The largest absolute Gasteiger partial charge is 0.421 e. The van der Waals surface area contributed by atoms with Gasteiger partial charge in [-0.25, -0.2) is 0 Å². The Labute approximate surface area is 70.4 Å². The molecule has 0 fully saturated rings. The topological polar surface area (TPSA) is 18.5 Å². The molecule has 0 aromatic heterocycles. The van der Waals surface area contributed by atoms with Crippen LogP contribution >= 0.6 is 0 Å². The lowest BCUT2D eigenvalue weighted by Gasteiger charge is -1.96. The highest BCUT2D eigenvalue weighted by Gasteiger charge is 1.93. The van der Waals surface area contributed by atoms with Crippen LogP contribution in [-0.2, 0) is 8.85 Å². The summed E-state index contributed by atoms with van der Waals surface area (Å²) in [6.07, 6.45) is 0. The predicted octanol–water partition coefficient (Wildman–Crippen LogP) is 0.363. The van der Waals surface area contributed by atoms with Crippen LogP contribution in [-0.4, -0.2) is 42.8 Å². The summed E-state index contributed by atoms with van der Waals surface area (Å²) >= 11 is 0. The van der Waals surface area contributed by atoms with Gasteiger partial charge in [-0.15, -0.1) is 0 Å². The van der Waals surface area contributed by atoms with Crippen LogP contribution in [0.2, 0.25) is 11.3 Å². The Morgan fingerprint density at radius 3 is 2.50 bits per heavy atom. The normalized spacial score (nSPS) is 10.2. The van der Waals surface area contributed by atoms with Gasteiger partial charge in [0.2, 0.25) is 19.5 Å². The Morgan fingerprint density at radius 2 is 1.90 bits per heavy atom. The third-order valence-corrected chi connectivity index (χ3v) is 4.72. The van der Waals surface area contributed by atoms with E-state index in [4.69, 9.17) is 8.85 Å². The molecule has 0 aliphatic carbocycles. The molecule has 6 radical (unpaired) electrons. The van der Waals surface area contributed by atoms with Gasteiger partial charge in [-0.1, -0.05) is 0 Å². The Balaban J connectivity index is 2.65. The van der Waals surface area contributed by atoms with E-state index in [0.29, 0.717) is 19.5 Å². The molecule has 0 unspecified atom stereocenters. The SMILES string of the molecule is CCO[Si]C[Si]C[Si]OC. The summed E-state index contributed by atoms with van der Waals surface area (Å²) in [7, 11) is 4.17. The first-order chi connectivity index (χ1) is 4.91. The molecule has 0 rings (SSSR count). The fourth-order valence-corrected chi connectivity index (χ4v) is 4.02. The molecule has 0 N–H and O–H groups in total. The molecule has 0 saturated heterocycles. The molecule has 0 spiro atoms. The second-order valence-electron chi connectivity index (χ2n) is 1.53. The smallest absolute Gasteiger partial charge is 0.226 e. The lowest BCUT2D eigenvalue weighted by molar-refractivity contribution is 0.363. The van der Waals surface area contributed by atoms with Crippen molar-refractivity contribution >= 4 is 29.0 Å². The molecule has 5 heteroatoms. The van der Waals surface area contributed by atoms with E-state index in [-0.39, 0.29) is 0 Å². The number of hydrogen-bond donors (Lipinski definition) is 0. The molecule has 0 aromatic carbocycles. The van der Waals surface area contributed by atoms with Crippen LogP contribution in [0.5, 0.6) is 0 Å². The van der Waals surface area contributed by atoms with Crippen LogP contribution in [0.1, 0.15) is 6.92 Å². The van der Waals surface area contributed by atoms with Gasteiger partial charge in [-0.05, 0) is 18.3 Å². The van der Waals surface area contributed by atoms with Crippen LogP contribution in [0.15, 0.2) is 0 Å². The minimum atomic E-state index is 0.688. The molecule has 0 atom stereocenters. The highest BCUT2D eigenvalue weighted by Crippen LogP contribution is 1.83. The lowest BCUT2D eigenvalue weighted by Crippen LogP contribution is -2.05. The van der Waals surface area contributed by atoms with E-state index in [9.17, 15) is 0 Å². The number of rotatable bonds is 7. The highest BCUT2D eigenvalue weighted by molar-refractivity contribution is 6.60. The molecular formula is C5H12O2Si3.